The maximum absolute atomic E-state index is 10.1. The monoisotopic (exact) mass is 182 g/mol. The van der Waals surface area contributed by atoms with Crippen molar-refractivity contribution in [3.05, 3.63) is 11.8 Å². The standard InChI is InChI=1S/C4H7O6P/c1-2-3(4(5)6)10-11(7,8)9/h2H,1H3,(H,5,6)(H2,7,8,9)/b3-2+. The number of phosphoric acid groups is 1. The summed E-state index contributed by atoms with van der Waals surface area (Å²) >= 11 is 0. The van der Waals surface area contributed by atoms with Crippen LogP contribution in [-0.2, 0) is 13.9 Å². The fraction of sp³-hybridized carbons (Fsp3) is 0.250. The van der Waals surface area contributed by atoms with Gasteiger partial charge in [0.2, 0.25) is 5.76 Å². The largest absolute Gasteiger partial charge is 0.525 e. The van der Waals surface area contributed by atoms with Crippen LogP contribution < -0.4 is 0 Å². The van der Waals surface area contributed by atoms with Crippen LogP contribution in [0.3, 0.4) is 0 Å². The molecule has 64 valence electrons. The number of carboxylic acid groups (broad SMARTS) is 1. The molecule has 0 rings (SSSR count). The zero-order valence-corrected chi connectivity index (χ0v) is 6.49. The predicted octanol–water partition coefficient (Wildman–Crippen LogP) is 0.0841. The van der Waals surface area contributed by atoms with E-state index < -0.39 is 19.6 Å². The van der Waals surface area contributed by atoms with Gasteiger partial charge in [-0.05, 0) is 13.0 Å². The van der Waals surface area contributed by atoms with Gasteiger partial charge in [-0.2, -0.15) is 0 Å². The molecule has 0 heterocycles. The Morgan fingerprint density at radius 3 is 2.09 bits per heavy atom. The molecule has 0 aliphatic carbocycles. The van der Waals surface area contributed by atoms with Gasteiger partial charge in [0.25, 0.3) is 0 Å². The van der Waals surface area contributed by atoms with Crippen molar-refractivity contribution in [1.82, 2.24) is 0 Å². The Kier molecular flexibility index (Phi) is 3.25. The Hall–Kier alpha value is -0.840. The molecule has 3 N–H and O–H groups in total. The van der Waals surface area contributed by atoms with E-state index in [9.17, 15) is 9.36 Å². The number of hydrogen-bond acceptors (Lipinski definition) is 3. The van der Waals surface area contributed by atoms with Gasteiger partial charge in [-0.25, -0.2) is 9.36 Å². The Morgan fingerprint density at radius 2 is 2.00 bits per heavy atom. The van der Waals surface area contributed by atoms with E-state index in [0.29, 0.717) is 0 Å². The van der Waals surface area contributed by atoms with Crippen LogP contribution in [-0.4, -0.2) is 20.9 Å². The van der Waals surface area contributed by atoms with Gasteiger partial charge in [-0.15, -0.1) is 0 Å². The van der Waals surface area contributed by atoms with Crippen LogP contribution >= 0.6 is 7.82 Å². The number of carboxylic acids is 1. The van der Waals surface area contributed by atoms with E-state index in [1.165, 1.54) is 6.92 Å². The third-order valence-electron chi connectivity index (χ3n) is 0.690. The van der Waals surface area contributed by atoms with Crippen molar-refractivity contribution in [3.63, 3.8) is 0 Å². The van der Waals surface area contributed by atoms with Gasteiger partial charge in [0.15, 0.2) is 0 Å². The van der Waals surface area contributed by atoms with Crippen LogP contribution in [0.2, 0.25) is 0 Å². The Balaban J connectivity index is 4.37. The van der Waals surface area contributed by atoms with E-state index in [1.807, 2.05) is 0 Å². The number of rotatable bonds is 3. The first-order valence-corrected chi connectivity index (χ1v) is 4.04. The second-order valence-corrected chi connectivity index (χ2v) is 2.70. The van der Waals surface area contributed by atoms with Crippen molar-refractivity contribution in [1.29, 1.82) is 0 Å². The van der Waals surface area contributed by atoms with Gasteiger partial charge in [0.1, 0.15) is 0 Å². The Bertz CT molecular complexity index is 225. The summed E-state index contributed by atoms with van der Waals surface area (Å²) in [6.45, 7) is 1.29. The molecule has 0 radical (unpaired) electrons. The molecule has 6 nitrogen and oxygen atoms in total. The zero-order chi connectivity index (χ0) is 9.07. The first-order chi connectivity index (χ1) is 4.87. The highest BCUT2D eigenvalue weighted by molar-refractivity contribution is 7.46. The molecule has 0 aliphatic rings. The fourth-order valence-corrected chi connectivity index (χ4v) is 0.783. The maximum atomic E-state index is 10.1. The molecule has 0 amide bonds. The number of carbonyl (C=O) groups is 1. The average Bonchev–Trinajstić information content (AvgIpc) is 1.80. The molecule has 0 bridgehead atoms. The molecule has 0 aliphatic heterocycles. The van der Waals surface area contributed by atoms with Gasteiger partial charge in [-0.3, -0.25) is 9.79 Å². The molecule has 0 saturated heterocycles. The SMILES string of the molecule is C/C=C(/OP(=O)(O)O)C(=O)O. The summed E-state index contributed by atoms with van der Waals surface area (Å²) in [5.41, 5.74) is 0. The van der Waals surface area contributed by atoms with Gasteiger partial charge >= 0.3 is 13.8 Å². The van der Waals surface area contributed by atoms with Crippen LogP contribution in [0.5, 0.6) is 0 Å². The van der Waals surface area contributed by atoms with Crippen LogP contribution in [0, 0.1) is 0 Å². The summed E-state index contributed by atoms with van der Waals surface area (Å²) in [4.78, 5) is 26.4. The first kappa shape index (κ1) is 10.2. The number of phosphoric ester groups is 1. The molecule has 0 atom stereocenters. The van der Waals surface area contributed by atoms with Crippen molar-refractivity contribution in [3.8, 4) is 0 Å². The number of allylic oxidation sites excluding steroid dienone is 1. The van der Waals surface area contributed by atoms with Gasteiger partial charge < -0.3 is 9.63 Å². The summed E-state index contributed by atoms with van der Waals surface area (Å²) in [5, 5.41) is 8.20. The van der Waals surface area contributed by atoms with Crippen LogP contribution in [0.1, 0.15) is 6.92 Å². The summed E-state index contributed by atoms with van der Waals surface area (Å²) in [6.07, 6.45) is 0.946. The zero-order valence-electron chi connectivity index (χ0n) is 5.59. The quantitative estimate of drug-likeness (QED) is 0.324. The summed E-state index contributed by atoms with van der Waals surface area (Å²) in [7, 11) is -4.74. The molecule has 0 spiro atoms. The van der Waals surface area contributed by atoms with Crippen LogP contribution in [0.25, 0.3) is 0 Å². The molecule has 0 aromatic heterocycles. The highest BCUT2D eigenvalue weighted by Gasteiger charge is 2.21. The van der Waals surface area contributed by atoms with E-state index in [2.05, 4.69) is 4.52 Å². The first-order valence-electron chi connectivity index (χ1n) is 2.51. The fourth-order valence-electron chi connectivity index (χ4n) is 0.343. The molecule has 0 unspecified atom stereocenters. The lowest BCUT2D eigenvalue weighted by molar-refractivity contribution is -0.135. The third kappa shape index (κ3) is 4.55. The Labute approximate surface area is 62.4 Å². The number of hydrogen-bond donors (Lipinski definition) is 3. The lowest BCUT2D eigenvalue weighted by Crippen LogP contribution is -2.02. The minimum absolute atomic E-state index is 0.765. The highest BCUT2D eigenvalue weighted by Crippen LogP contribution is 2.38. The van der Waals surface area contributed by atoms with E-state index in [1.54, 1.807) is 0 Å². The maximum Gasteiger partial charge on any atom is 0.525 e. The van der Waals surface area contributed by atoms with Crippen molar-refractivity contribution < 1.29 is 28.8 Å². The van der Waals surface area contributed by atoms with E-state index in [4.69, 9.17) is 14.9 Å². The second-order valence-electron chi connectivity index (χ2n) is 1.54. The molecular weight excluding hydrogens is 175 g/mol. The van der Waals surface area contributed by atoms with Crippen LogP contribution in [0.15, 0.2) is 11.8 Å². The lowest BCUT2D eigenvalue weighted by atomic mass is 10.5. The summed E-state index contributed by atoms with van der Waals surface area (Å²) < 4.78 is 13.8. The third-order valence-corrected chi connectivity index (χ3v) is 1.12. The summed E-state index contributed by atoms with van der Waals surface area (Å²) in [6, 6.07) is 0. The molecular formula is C4H7O6P. The normalized spacial score (nSPS) is 12.8. The van der Waals surface area contributed by atoms with E-state index in [-0.39, 0.29) is 0 Å². The summed E-state index contributed by atoms with van der Waals surface area (Å²) in [5.74, 6) is -2.28. The molecule has 0 aromatic carbocycles. The lowest BCUT2D eigenvalue weighted by Gasteiger charge is -2.05. The van der Waals surface area contributed by atoms with Crippen molar-refractivity contribution >= 4 is 13.8 Å². The second kappa shape index (κ2) is 3.52. The topological polar surface area (TPSA) is 104 Å². The molecule has 11 heavy (non-hydrogen) atoms. The van der Waals surface area contributed by atoms with E-state index in [0.717, 1.165) is 6.08 Å². The van der Waals surface area contributed by atoms with Crippen molar-refractivity contribution in [2.75, 3.05) is 0 Å². The van der Waals surface area contributed by atoms with Crippen LogP contribution in [0.4, 0.5) is 0 Å². The van der Waals surface area contributed by atoms with Gasteiger partial charge in [-0.1, -0.05) is 0 Å². The molecule has 0 aromatic rings. The predicted molar refractivity (Wildman–Crippen MR) is 34.5 cm³/mol. The van der Waals surface area contributed by atoms with Crippen molar-refractivity contribution in [2.45, 2.75) is 6.92 Å². The minimum Gasteiger partial charge on any atom is -0.475 e. The molecule has 7 heteroatoms. The minimum atomic E-state index is -4.74. The van der Waals surface area contributed by atoms with Gasteiger partial charge in [0.05, 0.1) is 0 Å². The number of aliphatic carboxylic acids is 1. The average molecular weight is 182 g/mol. The Morgan fingerprint density at radius 1 is 1.55 bits per heavy atom. The smallest absolute Gasteiger partial charge is 0.475 e. The van der Waals surface area contributed by atoms with Gasteiger partial charge in [0, 0.05) is 0 Å². The molecule has 0 fully saturated rings. The molecule has 0 saturated carbocycles. The highest BCUT2D eigenvalue weighted by atomic mass is 31.2. The van der Waals surface area contributed by atoms with E-state index >= 15 is 0 Å². The van der Waals surface area contributed by atoms with Crippen molar-refractivity contribution in [2.24, 2.45) is 0 Å².